The van der Waals surface area contributed by atoms with Gasteiger partial charge in [0.25, 0.3) is 0 Å². The van der Waals surface area contributed by atoms with E-state index >= 15 is 0 Å². The summed E-state index contributed by atoms with van der Waals surface area (Å²) in [6, 6.07) is 23.3. The smallest absolute Gasteiger partial charge is 0.167 e. The first kappa shape index (κ1) is 48.6. The van der Waals surface area contributed by atoms with Gasteiger partial charge >= 0.3 is 0 Å². The molecule has 0 bridgehead atoms. The highest BCUT2D eigenvalue weighted by molar-refractivity contribution is 6.15. The normalized spacial score (nSPS) is 12.1. The van der Waals surface area contributed by atoms with Gasteiger partial charge in [0.15, 0.2) is 23.0 Å². The Labute approximate surface area is 405 Å². The van der Waals surface area contributed by atoms with Crippen LogP contribution in [0.4, 0.5) is 0 Å². The summed E-state index contributed by atoms with van der Waals surface area (Å²) >= 11 is 0. The second kappa shape index (κ2) is 21.2. The maximum atomic E-state index is 12.5. The van der Waals surface area contributed by atoms with Crippen molar-refractivity contribution in [3.8, 4) is 45.6 Å². The van der Waals surface area contributed by atoms with E-state index in [1.54, 1.807) is 35.6 Å². The van der Waals surface area contributed by atoms with Crippen molar-refractivity contribution in [1.82, 2.24) is 30.0 Å². The summed E-state index contributed by atoms with van der Waals surface area (Å²) in [5.41, 5.74) is 6.09. The quantitative estimate of drug-likeness (QED) is 0.0329. The van der Waals surface area contributed by atoms with Crippen molar-refractivity contribution in [2.75, 3.05) is 13.1 Å². The van der Waals surface area contributed by atoms with Gasteiger partial charge in [0, 0.05) is 56.6 Å². The lowest BCUT2D eigenvalue weighted by Gasteiger charge is -2.23. The van der Waals surface area contributed by atoms with Crippen LogP contribution < -0.4 is 0 Å². The summed E-state index contributed by atoms with van der Waals surface area (Å²) in [5, 5.41) is 89.5. The van der Waals surface area contributed by atoms with Gasteiger partial charge in [0.1, 0.15) is 22.9 Å². The summed E-state index contributed by atoms with van der Waals surface area (Å²) in [4.78, 5) is 9.19. The fraction of sp³-hybridized carbons (Fsp3) is 0.296. The predicted molar refractivity (Wildman–Crippen MR) is 269 cm³/mol. The Bertz CT molecular complexity index is 3000. The average molecular weight is 947 g/mol. The number of phenols is 6. The second-order valence-electron chi connectivity index (χ2n) is 18.0. The molecule has 8 aromatic rings. The number of ether oxygens (including phenoxy) is 2. The Morgan fingerprint density at radius 3 is 1.29 bits per heavy atom. The topological polar surface area (TPSA) is 226 Å². The highest BCUT2D eigenvalue weighted by Gasteiger charge is 2.29. The first-order chi connectivity index (χ1) is 33.7. The third-order valence-electron chi connectivity index (χ3n) is 12.2. The molecule has 8 rings (SSSR count). The van der Waals surface area contributed by atoms with E-state index in [1.807, 2.05) is 100 Å². The summed E-state index contributed by atoms with van der Waals surface area (Å²) in [7, 11) is 0. The fourth-order valence-corrected chi connectivity index (χ4v) is 8.98. The SMILES string of the molecule is Cc1cc2c(C(C)C)c(O)c(O)c(C=NCCn3cc(COCc4ccccc4)nn3)c2c(O)c1-c1c(C)cc2c(C(C)C)c(O)c(O)c(C=NCCn3cc(COCc4ccccc4)nn3)c2c1O. The minimum absolute atomic E-state index is 0.0823. The summed E-state index contributed by atoms with van der Waals surface area (Å²) < 4.78 is 14.9. The predicted octanol–water partition coefficient (Wildman–Crippen LogP) is 9.61. The second-order valence-corrected chi connectivity index (χ2v) is 18.0. The molecular formula is C54H58N8O8. The van der Waals surface area contributed by atoms with Crippen LogP contribution in [-0.2, 0) is 49.0 Å². The number of hydrogen-bond acceptors (Lipinski definition) is 14. The highest BCUT2D eigenvalue weighted by atomic mass is 16.5. The van der Waals surface area contributed by atoms with Crippen LogP contribution in [0.2, 0.25) is 0 Å². The summed E-state index contributed by atoms with van der Waals surface area (Å²) in [6.07, 6.45) is 6.38. The molecule has 362 valence electrons. The minimum atomic E-state index is -0.456. The molecule has 0 saturated carbocycles. The first-order valence-corrected chi connectivity index (χ1v) is 23.2. The lowest BCUT2D eigenvalue weighted by Crippen LogP contribution is -2.03. The molecule has 16 nitrogen and oxygen atoms in total. The van der Waals surface area contributed by atoms with Gasteiger partial charge in [-0.15, -0.1) is 10.2 Å². The Hall–Kier alpha value is -7.82. The van der Waals surface area contributed by atoms with Gasteiger partial charge in [0.2, 0.25) is 0 Å². The third-order valence-corrected chi connectivity index (χ3v) is 12.2. The number of fused-ring (bicyclic) bond motifs is 2. The molecule has 0 unspecified atom stereocenters. The van der Waals surface area contributed by atoms with Crippen molar-refractivity contribution in [1.29, 1.82) is 0 Å². The molecule has 2 aromatic heterocycles. The molecule has 0 atom stereocenters. The summed E-state index contributed by atoms with van der Waals surface area (Å²) in [5.74, 6) is -2.62. The van der Waals surface area contributed by atoms with Gasteiger partial charge in [-0.2, -0.15) is 0 Å². The van der Waals surface area contributed by atoms with Crippen LogP contribution in [0.1, 0.15) is 95.4 Å². The van der Waals surface area contributed by atoms with E-state index in [9.17, 15) is 30.6 Å². The van der Waals surface area contributed by atoms with E-state index in [0.29, 0.717) is 70.7 Å². The van der Waals surface area contributed by atoms with Crippen LogP contribution in [0, 0.1) is 13.8 Å². The number of benzene rings is 6. The molecule has 0 amide bonds. The van der Waals surface area contributed by atoms with Crippen LogP contribution in [0.3, 0.4) is 0 Å². The molecule has 0 aliphatic heterocycles. The van der Waals surface area contributed by atoms with Crippen molar-refractivity contribution in [3.05, 3.63) is 141 Å². The molecule has 0 radical (unpaired) electrons. The molecule has 0 spiro atoms. The van der Waals surface area contributed by atoms with Gasteiger partial charge in [0.05, 0.1) is 65.0 Å². The minimum Gasteiger partial charge on any atom is -0.507 e. The number of aliphatic imine (C=N–C) groups is 2. The number of aryl methyl sites for hydroxylation is 2. The molecule has 0 aliphatic rings. The number of aromatic nitrogens is 6. The zero-order valence-electron chi connectivity index (χ0n) is 40.1. The Balaban J connectivity index is 1.11. The third kappa shape index (κ3) is 10.1. The zero-order chi connectivity index (χ0) is 49.6. The van der Waals surface area contributed by atoms with E-state index < -0.39 is 11.5 Å². The average Bonchev–Trinajstić information content (AvgIpc) is 3.99. The Morgan fingerprint density at radius 2 is 0.914 bits per heavy atom. The molecule has 16 heteroatoms. The molecular weight excluding hydrogens is 889 g/mol. The van der Waals surface area contributed by atoms with E-state index in [4.69, 9.17) is 9.47 Å². The number of nitrogens with zero attached hydrogens (tertiary/aromatic N) is 8. The van der Waals surface area contributed by atoms with Gasteiger partial charge in [-0.3, -0.25) is 19.3 Å². The van der Waals surface area contributed by atoms with Crippen molar-refractivity contribution < 1.29 is 40.1 Å². The van der Waals surface area contributed by atoms with Gasteiger partial charge in [-0.25, -0.2) is 0 Å². The van der Waals surface area contributed by atoms with Crippen LogP contribution in [0.5, 0.6) is 34.5 Å². The van der Waals surface area contributed by atoms with Crippen molar-refractivity contribution in [3.63, 3.8) is 0 Å². The van der Waals surface area contributed by atoms with Crippen molar-refractivity contribution in [2.24, 2.45) is 9.98 Å². The van der Waals surface area contributed by atoms with Crippen LogP contribution in [0.15, 0.2) is 95.2 Å². The molecule has 6 aromatic carbocycles. The van der Waals surface area contributed by atoms with Crippen molar-refractivity contribution in [2.45, 2.75) is 92.9 Å². The van der Waals surface area contributed by atoms with E-state index in [2.05, 4.69) is 30.6 Å². The number of aromatic hydroxyl groups is 6. The van der Waals surface area contributed by atoms with Gasteiger partial charge < -0.3 is 40.1 Å². The molecule has 0 fully saturated rings. The van der Waals surface area contributed by atoms with E-state index in [-0.39, 0.29) is 94.2 Å². The largest absolute Gasteiger partial charge is 0.507 e. The Kier molecular flexibility index (Phi) is 14.7. The van der Waals surface area contributed by atoms with Crippen LogP contribution >= 0.6 is 0 Å². The molecule has 2 heterocycles. The summed E-state index contributed by atoms with van der Waals surface area (Å²) in [6.45, 7) is 13.7. The monoisotopic (exact) mass is 946 g/mol. The Morgan fingerprint density at radius 1 is 0.529 bits per heavy atom. The fourth-order valence-electron chi connectivity index (χ4n) is 8.98. The standard InChI is InChI=1S/C54H58N8O8/c1-31(2)43-39-21-33(5)45(51(65)47(39)41(49(63)53(43)67)23-55-17-19-61-25-37(57-59-61)29-69-27-35-13-9-7-10-14-35)46-34(6)22-40-44(32(3)4)54(68)50(64)42(48(40)52(46)66)24-56-18-20-62-26-38(58-60-62)30-70-28-36-15-11-8-12-16-36/h7-16,21-26,31-32,63-68H,17-20,27-30H2,1-6H3. The molecule has 0 aliphatic carbocycles. The van der Waals surface area contributed by atoms with Gasteiger partial charge in [-0.1, -0.05) is 111 Å². The molecule has 70 heavy (non-hydrogen) atoms. The van der Waals surface area contributed by atoms with E-state index in [0.717, 1.165) is 11.1 Å². The van der Waals surface area contributed by atoms with E-state index in [1.165, 1.54) is 12.4 Å². The number of hydrogen-bond donors (Lipinski definition) is 6. The zero-order valence-corrected chi connectivity index (χ0v) is 40.1. The van der Waals surface area contributed by atoms with Crippen LogP contribution in [-0.4, -0.2) is 86.1 Å². The highest BCUT2D eigenvalue weighted by Crippen LogP contribution is 2.54. The number of phenolic OH excluding ortho intramolecular Hbond substituents is 6. The lowest BCUT2D eigenvalue weighted by atomic mass is 9.83. The van der Waals surface area contributed by atoms with Gasteiger partial charge in [-0.05, 0) is 58.7 Å². The molecule has 6 N–H and O–H groups in total. The van der Waals surface area contributed by atoms with Crippen molar-refractivity contribution >= 4 is 34.0 Å². The van der Waals surface area contributed by atoms with Crippen LogP contribution in [0.25, 0.3) is 32.7 Å². The first-order valence-electron chi connectivity index (χ1n) is 23.2. The maximum Gasteiger partial charge on any atom is 0.167 e. The lowest BCUT2D eigenvalue weighted by molar-refractivity contribution is 0.104. The maximum absolute atomic E-state index is 12.5. The number of rotatable bonds is 19. The molecule has 0 saturated heterocycles.